The fourth-order valence-electron chi connectivity index (χ4n) is 2.74. The van der Waals surface area contributed by atoms with Gasteiger partial charge in [-0.15, -0.1) is 0 Å². The number of hydrogen-bond acceptors (Lipinski definition) is 3. The Morgan fingerprint density at radius 3 is 2.54 bits per heavy atom. The van der Waals surface area contributed by atoms with E-state index in [-0.39, 0.29) is 5.91 Å². The molecule has 0 aliphatic carbocycles. The number of amides is 1. The van der Waals surface area contributed by atoms with Crippen molar-refractivity contribution < 1.29 is 4.79 Å². The lowest BCUT2D eigenvalue weighted by molar-refractivity contribution is 0.0784. The van der Waals surface area contributed by atoms with Gasteiger partial charge in [-0.3, -0.25) is 9.78 Å². The summed E-state index contributed by atoms with van der Waals surface area (Å²) in [7, 11) is 1.80. The summed E-state index contributed by atoms with van der Waals surface area (Å²) in [5.41, 5.74) is 4.65. The number of rotatable bonds is 4. The zero-order valence-corrected chi connectivity index (χ0v) is 14.1. The summed E-state index contributed by atoms with van der Waals surface area (Å²) in [5, 5.41) is 4.63. The Kier molecular flexibility index (Phi) is 4.42. The van der Waals surface area contributed by atoms with Crippen molar-refractivity contribution in [2.45, 2.75) is 20.4 Å². The van der Waals surface area contributed by atoms with Crippen LogP contribution in [0.1, 0.15) is 27.3 Å². The highest BCUT2D eigenvalue weighted by atomic mass is 16.2. The molecule has 0 spiro atoms. The van der Waals surface area contributed by atoms with Crippen molar-refractivity contribution in [3.63, 3.8) is 0 Å². The van der Waals surface area contributed by atoms with Crippen molar-refractivity contribution in [3.8, 4) is 5.69 Å². The number of benzene rings is 1. The fourth-order valence-corrected chi connectivity index (χ4v) is 2.74. The molecule has 0 bridgehead atoms. The largest absolute Gasteiger partial charge is 0.337 e. The first kappa shape index (κ1) is 15.9. The van der Waals surface area contributed by atoms with Crippen LogP contribution in [0.2, 0.25) is 0 Å². The zero-order chi connectivity index (χ0) is 17.1. The van der Waals surface area contributed by atoms with E-state index in [0.29, 0.717) is 12.1 Å². The molecular formula is C19H20N4O. The molecule has 1 amide bonds. The van der Waals surface area contributed by atoms with Gasteiger partial charge in [0, 0.05) is 37.2 Å². The molecule has 5 heteroatoms. The molecule has 3 rings (SSSR count). The highest BCUT2D eigenvalue weighted by molar-refractivity contribution is 5.93. The van der Waals surface area contributed by atoms with E-state index in [9.17, 15) is 4.79 Å². The Bertz CT molecular complexity index is 841. The molecule has 24 heavy (non-hydrogen) atoms. The number of pyridine rings is 1. The lowest BCUT2D eigenvalue weighted by Crippen LogP contribution is -2.26. The lowest BCUT2D eigenvalue weighted by atomic mass is 10.1. The predicted octanol–water partition coefficient (Wildman–Crippen LogP) is 3.16. The van der Waals surface area contributed by atoms with Crippen molar-refractivity contribution in [2.24, 2.45) is 0 Å². The maximum atomic E-state index is 12.5. The monoisotopic (exact) mass is 320 g/mol. The second kappa shape index (κ2) is 6.66. The first-order valence-electron chi connectivity index (χ1n) is 7.84. The molecule has 3 aromatic rings. The molecule has 2 heterocycles. The molecular weight excluding hydrogens is 300 g/mol. The van der Waals surface area contributed by atoms with Crippen LogP contribution in [0.25, 0.3) is 5.69 Å². The predicted molar refractivity (Wildman–Crippen MR) is 93.1 cm³/mol. The van der Waals surface area contributed by atoms with Crippen LogP contribution in [-0.2, 0) is 6.54 Å². The minimum Gasteiger partial charge on any atom is -0.337 e. The summed E-state index contributed by atoms with van der Waals surface area (Å²) in [6.07, 6.45) is 3.25. The average molecular weight is 320 g/mol. The standard InChI is InChI=1S/C19H20N4O/c1-14-18(13-22(3)19(24)16-8-7-11-20-12-16)15(2)23(21-14)17-9-5-4-6-10-17/h4-12H,13H2,1-3H3. The Labute approximate surface area is 141 Å². The zero-order valence-electron chi connectivity index (χ0n) is 14.1. The minimum absolute atomic E-state index is 0.0469. The average Bonchev–Trinajstić information content (AvgIpc) is 2.90. The number of carbonyl (C=O) groups excluding carboxylic acids is 1. The molecule has 0 saturated carbocycles. The Balaban J connectivity index is 1.86. The first-order chi connectivity index (χ1) is 11.6. The molecule has 1 aromatic carbocycles. The van der Waals surface area contributed by atoms with Gasteiger partial charge in [-0.1, -0.05) is 18.2 Å². The Morgan fingerprint density at radius 1 is 1.12 bits per heavy atom. The van der Waals surface area contributed by atoms with Gasteiger partial charge in [-0.25, -0.2) is 4.68 Å². The van der Waals surface area contributed by atoms with Gasteiger partial charge in [-0.2, -0.15) is 5.10 Å². The first-order valence-corrected chi connectivity index (χ1v) is 7.84. The van der Waals surface area contributed by atoms with E-state index >= 15 is 0 Å². The van der Waals surface area contributed by atoms with Crippen LogP contribution in [0.5, 0.6) is 0 Å². The van der Waals surface area contributed by atoms with E-state index in [1.54, 1.807) is 36.5 Å². The second-order valence-corrected chi connectivity index (χ2v) is 5.80. The number of para-hydroxylation sites is 1. The third-order valence-electron chi connectivity index (χ3n) is 4.09. The Morgan fingerprint density at radius 2 is 1.88 bits per heavy atom. The molecule has 0 N–H and O–H groups in total. The molecule has 2 aromatic heterocycles. The van der Waals surface area contributed by atoms with Crippen LogP contribution in [-0.4, -0.2) is 32.6 Å². The van der Waals surface area contributed by atoms with E-state index in [4.69, 9.17) is 0 Å². The summed E-state index contributed by atoms with van der Waals surface area (Å²) < 4.78 is 1.92. The van der Waals surface area contributed by atoms with Crippen LogP contribution in [0.3, 0.4) is 0 Å². The van der Waals surface area contributed by atoms with Crippen molar-refractivity contribution in [1.82, 2.24) is 19.7 Å². The van der Waals surface area contributed by atoms with Crippen molar-refractivity contribution >= 4 is 5.91 Å². The molecule has 0 fully saturated rings. The third-order valence-corrected chi connectivity index (χ3v) is 4.09. The SMILES string of the molecule is Cc1nn(-c2ccccc2)c(C)c1CN(C)C(=O)c1cccnc1. The van der Waals surface area contributed by atoms with E-state index < -0.39 is 0 Å². The van der Waals surface area contributed by atoms with Gasteiger partial charge >= 0.3 is 0 Å². The number of hydrogen-bond donors (Lipinski definition) is 0. The third kappa shape index (κ3) is 3.06. The minimum atomic E-state index is -0.0469. The fraction of sp³-hybridized carbons (Fsp3) is 0.211. The number of aromatic nitrogens is 3. The molecule has 5 nitrogen and oxygen atoms in total. The second-order valence-electron chi connectivity index (χ2n) is 5.80. The molecule has 0 radical (unpaired) electrons. The summed E-state index contributed by atoms with van der Waals surface area (Å²) in [6, 6.07) is 13.6. The van der Waals surface area contributed by atoms with Crippen LogP contribution in [0.4, 0.5) is 0 Å². The molecule has 0 unspecified atom stereocenters. The quantitative estimate of drug-likeness (QED) is 0.742. The van der Waals surface area contributed by atoms with Gasteiger partial charge in [0.25, 0.3) is 5.91 Å². The summed E-state index contributed by atoms with van der Waals surface area (Å²) in [6.45, 7) is 4.52. The highest BCUT2D eigenvalue weighted by Gasteiger charge is 2.18. The molecule has 0 saturated heterocycles. The smallest absolute Gasteiger partial charge is 0.255 e. The molecule has 0 aliphatic rings. The van der Waals surface area contributed by atoms with Gasteiger partial charge in [0.2, 0.25) is 0 Å². The molecule has 0 atom stereocenters. The maximum absolute atomic E-state index is 12.5. The van der Waals surface area contributed by atoms with Crippen LogP contribution < -0.4 is 0 Å². The van der Waals surface area contributed by atoms with Crippen molar-refractivity contribution in [1.29, 1.82) is 0 Å². The van der Waals surface area contributed by atoms with Gasteiger partial charge in [0.1, 0.15) is 0 Å². The van der Waals surface area contributed by atoms with E-state index in [2.05, 4.69) is 10.1 Å². The van der Waals surface area contributed by atoms with Crippen molar-refractivity contribution in [3.05, 3.63) is 77.4 Å². The van der Waals surface area contributed by atoms with Gasteiger partial charge in [-0.05, 0) is 38.1 Å². The number of aryl methyl sites for hydroxylation is 1. The number of nitrogens with zero attached hydrogens (tertiary/aromatic N) is 4. The van der Waals surface area contributed by atoms with Gasteiger partial charge < -0.3 is 4.90 Å². The summed E-state index contributed by atoms with van der Waals surface area (Å²) >= 11 is 0. The number of carbonyl (C=O) groups is 1. The van der Waals surface area contributed by atoms with Crippen molar-refractivity contribution in [2.75, 3.05) is 7.05 Å². The van der Waals surface area contributed by atoms with Crippen LogP contribution in [0.15, 0.2) is 54.9 Å². The lowest BCUT2D eigenvalue weighted by Gasteiger charge is -2.17. The highest BCUT2D eigenvalue weighted by Crippen LogP contribution is 2.19. The van der Waals surface area contributed by atoms with Gasteiger partial charge in [0.15, 0.2) is 0 Å². The maximum Gasteiger partial charge on any atom is 0.255 e. The molecule has 122 valence electrons. The van der Waals surface area contributed by atoms with Crippen LogP contribution >= 0.6 is 0 Å². The summed E-state index contributed by atoms with van der Waals surface area (Å²) in [4.78, 5) is 18.2. The van der Waals surface area contributed by atoms with Crippen LogP contribution in [0, 0.1) is 13.8 Å². The Hall–Kier alpha value is -2.95. The van der Waals surface area contributed by atoms with E-state index in [1.807, 2.05) is 48.9 Å². The van der Waals surface area contributed by atoms with Gasteiger partial charge in [0.05, 0.1) is 16.9 Å². The summed E-state index contributed by atoms with van der Waals surface area (Å²) in [5.74, 6) is -0.0469. The normalized spacial score (nSPS) is 10.6. The van der Waals surface area contributed by atoms with E-state index in [0.717, 1.165) is 22.6 Å². The molecule has 0 aliphatic heterocycles. The van der Waals surface area contributed by atoms with E-state index in [1.165, 1.54) is 0 Å². The topological polar surface area (TPSA) is 51.0 Å².